The lowest BCUT2D eigenvalue weighted by Gasteiger charge is -2.20. The largest absolute Gasteiger partial charge is 0.494 e. The van der Waals surface area contributed by atoms with E-state index < -0.39 is 12.1 Å². The van der Waals surface area contributed by atoms with Crippen LogP contribution >= 0.6 is 0 Å². The molecule has 3 rings (SSSR count). The summed E-state index contributed by atoms with van der Waals surface area (Å²) in [4.78, 5) is 0. The van der Waals surface area contributed by atoms with Crippen molar-refractivity contribution in [2.45, 2.75) is 25.4 Å². The van der Waals surface area contributed by atoms with Gasteiger partial charge in [0.2, 0.25) is 0 Å². The zero-order valence-corrected chi connectivity index (χ0v) is 17.5. The van der Waals surface area contributed by atoms with E-state index in [9.17, 15) is 18.4 Å². The third-order valence-corrected chi connectivity index (χ3v) is 4.79. The van der Waals surface area contributed by atoms with Gasteiger partial charge >= 0.3 is 6.18 Å². The molecule has 0 aliphatic heterocycles. The van der Waals surface area contributed by atoms with Gasteiger partial charge in [-0.15, -0.1) is 0 Å². The molecule has 6 heteroatoms. The average Bonchev–Trinajstić information content (AvgIpc) is 2.78. The van der Waals surface area contributed by atoms with Crippen molar-refractivity contribution in [1.82, 2.24) is 0 Å². The van der Waals surface area contributed by atoms with Gasteiger partial charge in [0.05, 0.1) is 24.2 Å². The Morgan fingerprint density at radius 2 is 1.62 bits per heavy atom. The molecule has 0 aliphatic rings. The fourth-order valence-electron chi connectivity index (χ4n) is 3.24. The number of nitriles is 1. The van der Waals surface area contributed by atoms with E-state index >= 15 is 0 Å². The number of ether oxygens (including phenoxy) is 2. The predicted octanol–water partition coefficient (Wildman–Crippen LogP) is 7.52. The fraction of sp³-hybridized carbons (Fsp3) is 0.192. The Hall–Kier alpha value is -3.72. The molecule has 0 heterocycles. The van der Waals surface area contributed by atoms with Crippen LogP contribution < -0.4 is 9.47 Å². The van der Waals surface area contributed by atoms with Crippen LogP contribution in [-0.2, 0) is 0 Å². The van der Waals surface area contributed by atoms with E-state index in [1.165, 1.54) is 30.3 Å². The molecule has 0 amide bonds. The average molecular weight is 437 g/mol. The summed E-state index contributed by atoms with van der Waals surface area (Å²) in [5.74, 6) is -0.0977. The third-order valence-electron chi connectivity index (χ3n) is 4.79. The van der Waals surface area contributed by atoms with Gasteiger partial charge in [-0.3, -0.25) is 0 Å². The molecule has 0 saturated heterocycles. The summed E-state index contributed by atoms with van der Waals surface area (Å²) in [7, 11) is 0. The zero-order chi connectivity index (χ0) is 23.0. The highest BCUT2D eigenvalue weighted by Gasteiger charge is 2.39. The normalized spacial score (nSPS) is 12.7. The minimum Gasteiger partial charge on any atom is -0.494 e. The summed E-state index contributed by atoms with van der Waals surface area (Å²) in [5, 5.41) is 9.58. The molecule has 0 bridgehead atoms. The lowest BCUT2D eigenvalue weighted by molar-refractivity contribution is -0.149. The summed E-state index contributed by atoms with van der Waals surface area (Å²) in [6.07, 6.45) is -3.48. The van der Waals surface area contributed by atoms with Crippen molar-refractivity contribution in [2.75, 3.05) is 6.61 Å². The molecule has 3 nitrogen and oxygen atoms in total. The molecule has 32 heavy (non-hydrogen) atoms. The highest BCUT2D eigenvalue weighted by Crippen LogP contribution is 2.39. The first kappa shape index (κ1) is 23.0. The fourth-order valence-corrected chi connectivity index (χ4v) is 3.24. The number of rotatable bonds is 8. The van der Waals surface area contributed by atoms with E-state index in [-0.39, 0.29) is 17.6 Å². The van der Waals surface area contributed by atoms with E-state index in [4.69, 9.17) is 9.47 Å². The quantitative estimate of drug-likeness (QED) is 0.342. The Morgan fingerprint density at radius 1 is 0.938 bits per heavy atom. The Balaban J connectivity index is 1.82. The first-order chi connectivity index (χ1) is 15.4. The molecule has 0 radical (unpaired) electrons. The van der Waals surface area contributed by atoms with Crippen molar-refractivity contribution in [1.29, 1.82) is 5.26 Å². The maximum absolute atomic E-state index is 13.8. The molecule has 1 unspecified atom stereocenters. The number of hydrogen-bond donors (Lipinski definition) is 0. The van der Waals surface area contributed by atoms with Crippen LogP contribution in [0.2, 0.25) is 0 Å². The van der Waals surface area contributed by atoms with Gasteiger partial charge in [-0.2, -0.15) is 18.4 Å². The molecule has 0 saturated carbocycles. The van der Waals surface area contributed by atoms with Crippen molar-refractivity contribution < 1.29 is 22.6 Å². The van der Waals surface area contributed by atoms with Crippen LogP contribution in [0.1, 0.15) is 30.4 Å². The molecule has 0 aliphatic carbocycles. The number of para-hydroxylation sites is 1. The van der Waals surface area contributed by atoms with E-state index in [1.54, 1.807) is 43.3 Å². The highest BCUT2D eigenvalue weighted by molar-refractivity contribution is 5.77. The lowest BCUT2D eigenvalue weighted by Crippen LogP contribution is -2.20. The molecular formula is C26H22F3NO2. The number of hydrogen-bond acceptors (Lipinski definition) is 3. The summed E-state index contributed by atoms with van der Waals surface area (Å²) >= 11 is 0. The van der Waals surface area contributed by atoms with Crippen LogP contribution in [0.15, 0.2) is 84.9 Å². The first-order valence-corrected chi connectivity index (χ1v) is 10.1. The van der Waals surface area contributed by atoms with E-state index in [0.29, 0.717) is 29.4 Å². The number of alkyl halides is 3. The van der Waals surface area contributed by atoms with Crippen LogP contribution in [0.5, 0.6) is 17.2 Å². The summed E-state index contributed by atoms with van der Waals surface area (Å²) in [6, 6.07) is 23.7. The Kier molecular flexibility index (Phi) is 7.56. The van der Waals surface area contributed by atoms with Crippen LogP contribution in [0.4, 0.5) is 13.2 Å². The van der Waals surface area contributed by atoms with Crippen molar-refractivity contribution in [3.63, 3.8) is 0 Å². The molecular weight excluding hydrogens is 415 g/mol. The Morgan fingerprint density at radius 3 is 2.25 bits per heavy atom. The maximum Gasteiger partial charge on any atom is 0.396 e. The number of allylic oxidation sites excluding steroid dienone is 2. The zero-order valence-electron chi connectivity index (χ0n) is 17.5. The summed E-state index contributed by atoms with van der Waals surface area (Å²) < 4.78 is 52.3. The second-order valence-corrected chi connectivity index (χ2v) is 7.00. The van der Waals surface area contributed by atoms with Crippen LogP contribution in [0.25, 0.3) is 5.57 Å². The van der Waals surface area contributed by atoms with Gasteiger partial charge in [-0.1, -0.05) is 48.5 Å². The first-order valence-electron chi connectivity index (χ1n) is 10.1. The standard InChI is InChI=1S/C26H22F3NO2/c1-2-31-22-14-11-19(12-15-22)25(26(27,28)29)16-13-21(18-30)20-7-6-10-24(17-20)32-23-8-4-3-5-9-23/h3-15,17,25H,2,16H2,1H3/b21-13+. The van der Waals surface area contributed by atoms with Gasteiger partial charge in [0.15, 0.2) is 0 Å². The molecule has 1 atom stereocenters. The van der Waals surface area contributed by atoms with Gasteiger partial charge < -0.3 is 9.47 Å². The lowest BCUT2D eigenvalue weighted by atomic mass is 9.93. The topological polar surface area (TPSA) is 42.2 Å². The van der Waals surface area contributed by atoms with Crippen LogP contribution in [0.3, 0.4) is 0 Å². The van der Waals surface area contributed by atoms with Crippen LogP contribution in [-0.4, -0.2) is 12.8 Å². The van der Waals surface area contributed by atoms with Gasteiger partial charge in [0.1, 0.15) is 17.2 Å². The van der Waals surface area contributed by atoms with E-state index in [2.05, 4.69) is 0 Å². The second-order valence-electron chi connectivity index (χ2n) is 7.00. The SMILES string of the molecule is CCOc1ccc(C(C/C=C(\C#N)c2cccc(Oc3ccccc3)c2)C(F)(F)F)cc1. The summed E-state index contributed by atoms with van der Waals surface area (Å²) in [6.45, 7) is 2.24. The number of benzene rings is 3. The Labute approximate surface area is 185 Å². The Bertz CT molecular complexity index is 1080. The minimum atomic E-state index is -4.46. The molecule has 3 aromatic rings. The van der Waals surface area contributed by atoms with Crippen molar-refractivity contribution in [3.8, 4) is 23.3 Å². The highest BCUT2D eigenvalue weighted by atomic mass is 19.4. The summed E-state index contributed by atoms with van der Waals surface area (Å²) in [5.41, 5.74) is 0.771. The third kappa shape index (κ3) is 6.14. The van der Waals surface area contributed by atoms with Gasteiger partial charge in [0, 0.05) is 0 Å². The van der Waals surface area contributed by atoms with Gasteiger partial charge in [0.25, 0.3) is 0 Å². The van der Waals surface area contributed by atoms with E-state index in [0.717, 1.165) is 0 Å². The van der Waals surface area contributed by atoms with Crippen molar-refractivity contribution in [2.24, 2.45) is 0 Å². The maximum atomic E-state index is 13.8. The minimum absolute atomic E-state index is 0.121. The van der Waals surface area contributed by atoms with Crippen LogP contribution in [0, 0.1) is 11.3 Å². The number of nitrogens with zero attached hydrogens (tertiary/aromatic N) is 1. The van der Waals surface area contributed by atoms with Gasteiger partial charge in [-0.25, -0.2) is 0 Å². The molecule has 0 fully saturated rings. The van der Waals surface area contributed by atoms with Gasteiger partial charge in [-0.05, 0) is 60.9 Å². The predicted molar refractivity (Wildman–Crippen MR) is 118 cm³/mol. The smallest absolute Gasteiger partial charge is 0.396 e. The molecule has 164 valence electrons. The number of halogens is 3. The van der Waals surface area contributed by atoms with Crippen molar-refractivity contribution >= 4 is 5.57 Å². The molecule has 0 aromatic heterocycles. The molecule has 0 N–H and O–H groups in total. The second kappa shape index (κ2) is 10.5. The van der Waals surface area contributed by atoms with Crippen molar-refractivity contribution in [3.05, 3.63) is 96.1 Å². The van der Waals surface area contributed by atoms with E-state index in [1.807, 2.05) is 24.3 Å². The molecule has 0 spiro atoms. The molecule has 3 aromatic carbocycles. The monoisotopic (exact) mass is 437 g/mol.